The molecule has 0 N–H and O–H groups in total. The first kappa shape index (κ1) is 17.4. The minimum atomic E-state index is -0.495. The van der Waals surface area contributed by atoms with E-state index in [9.17, 15) is 14.4 Å². The van der Waals surface area contributed by atoms with Crippen LogP contribution in [0.2, 0.25) is 0 Å². The second-order valence-electron chi connectivity index (χ2n) is 6.28. The molecule has 0 saturated carbocycles. The molecule has 25 heavy (non-hydrogen) atoms. The van der Waals surface area contributed by atoms with E-state index in [1.54, 1.807) is 22.7 Å². The lowest BCUT2D eigenvalue weighted by Crippen LogP contribution is -2.55. The van der Waals surface area contributed by atoms with Crippen LogP contribution in [-0.4, -0.2) is 94.7 Å². The Morgan fingerprint density at radius 3 is 1.96 bits per heavy atom. The summed E-state index contributed by atoms with van der Waals surface area (Å²) in [6, 6.07) is 1.75. The van der Waals surface area contributed by atoms with Gasteiger partial charge in [0.15, 0.2) is 0 Å². The summed E-state index contributed by atoms with van der Waals surface area (Å²) in [4.78, 5) is 42.0. The summed E-state index contributed by atoms with van der Waals surface area (Å²) in [5.41, 5.74) is 1.32. The molecule has 2 aliphatic heterocycles. The van der Waals surface area contributed by atoms with E-state index in [1.807, 2.05) is 6.92 Å². The van der Waals surface area contributed by atoms with Crippen LogP contribution in [0.4, 0.5) is 0 Å². The van der Waals surface area contributed by atoms with E-state index in [4.69, 9.17) is 4.74 Å². The van der Waals surface area contributed by atoms with Crippen LogP contribution < -0.4 is 0 Å². The molecule has 0 aromatic carbocycles. The SMILES string of the molecule is Cc1cc(C(=O)N2CCN(C(=O)C(=O)N3CCOCC3)CC2)n(C)n1. The fourth-order valence-corrected chi connectivity index (χ4v) is 3.12. The van der Waals surface area contributed by atoms with Crippen LogP contribution in [0.1, 0.15) is 16.2 Å². The van der Waals surface area contributed by atoms with Crippen molar-refractivity contribution in [3.05, 3.63) is 17.5 Å². The van der Waals surface area contributed by atoms with Crippen molar-refractivity contribution in [3.63, 3.8) is 0 Å². The number of rotatable bonds is 1. The molecular weight excluding hydrogens is 326 g/mol. The summed E-state index contributed by atoms with van der Waals surface area (Å²) in [5.74, 6) is -1.08. The number of carbonyl (C=O) groups is 3. The molecule has 2 fully saturated rings. The predicted octanol–water partition coefficient (Wildman–Crippen LogP) is -1.13. The fraction of sp³-hybridized carbons (Fsp3) is 0.625. The van der Waals surface area contributed by atoms with Crippen LogP contribution in [0.15, 0.2) is 6.07 Å². The van der Waals surface area contributed by atoms with Crippen molar-refractivity contribution in [2.45, 2.75) is 6.92 Å². The number of aryl methyl sites for hydroxylation is 2. The van der Waals surface area contributed by atoms with Gasteiger partial charge in [-0.2, -0.15) is 5.10 Å². The number of ether oxygens (including phenoxy) is 1. The van der Waals surface area contributed by atoms with Crippen LogP contribution in [0.3, 0.4) is 0 Å². The standard InChI is InChI=1S/C16H23N5O4/c1-12-11-13(18(2)17-12)14(22)19-3-5-20(6-4-19)15(23)16(24)21-7-9-25-10-8-21/h11H,3-10H2,1-2H3. The van der Waals surface area contributed by atoms with Gasteiger partial charge in [0, 0.05) is 46.3 Å². The molecule has 1 aromatic rings. The molecule has 9 heteroatoms. The number of amides is 3. The molecule has 1 aromatic heterocycles. The lowest BCUT2D eigenvalue weighted by Gasteiger charge is -2.35. The fourth-order valence-electron chi connectivity index (χ4n) is 3.12. The summed E-state index contributed by atoms with van der Waals surface area (Å²) in [6.07, 6.45) is 0. The molecule has 0 spiro atoms. The number of morpholine rings is 1. The van der Waals surface area contributed by atoms with Crippen molar-refractivity contribution in [2.75, 3.05) is 52.5 Å². The van der Waals surface area contributed by atoms with Crippen LogP contribution in [0, 0.1) is 6.92 Å². The summed E-state index contributed by atoms with van der Waals surface area (Å²) in [7, 11) is 1.74. The van der Waals surface area contributed by atoms with E-state index in [0.717, 1.165) is 5.69 Å². The average Bonchev–Trinajstić information content (AvgIpc) is 2.99. The van der Waals surface area contributed by atoms with Gasteiger partial charge < -0.3 is 19.4 Å². The van der Waals surface area contributed by atoms with Gasteiger partial charge >= 0.3 is 11.8 Å². The largest absolute Gasteiger partial charge is 0.378 e. The van der Waals surface area contributed by atoms with Crippen LogP contribution in [0.5, 0.6) is 0 Å². The number of piperazine rings is 1. The maximum atomic E-state index is 12.6. The van der Waals surface area contributed by atoms with Crippen LogP contribution in [0.25, 0.3) is 0 Å². The van der Waals surface area contributed by atoms with Crippen LogP contribution in [-0.2, 0) is 21.4 Å². The molecule has 0 bridgehead atoms. The highest BCUT2D eigenvalue weighted by Gasteiger charge is 2.32. The smallest absolute Gasteiger partial charge is 0.312 e. The summed E-state index contributed by atoms with van der Waals surface area (Å²) in [5, 5.41) is 4.19. The molecule has 2 aliphatic rings. The quantitative estimate of drug-likeness (QED) is 0.599. The number of hydrogen-bond acceptors (Lipinski definition) is 5. The molecule has 0 atom stereocenters. The topological polar surface area (TPSA) is 88.0 Å². The van der Waals surface area contributed by atoms with E-state index in [2.05, 4.69) is 5.10 Å². The molecule has 9 nitrogen and oxygen atoms in total. The second kappa shape index (κ2) is 7.22. The molecule has 0 unspecified atom stereocenters. The van der Waals surface area contributed by atoms with Crippen molar-refractivity contribution in [3.8, 4) is 0 Å². The van der Waals surface area contributed by atoms with Gasteiger partial charge in [-0.05, 0) is 13.0 Å². The normalized spacial score (nSPS) is 18.4. The third-order valence-corrected chi connectivity index (χ3v) is 4.56. The zero-order valence-corrected chi connectivity index (χ0v) is 14.6. The maximum Gasteiger partial charge on any atom is 0.312 e. The lowest BCUT2D eigenvalue weighted by molar-refractivity contribution is -0.154. The molecule has 3 heterocycles. The lowest BCUT2D eigenvalue weighted by atomic mass is 10.2. The van der Waals surface area contributed by atoms with Crippen molar-refractivity contribution in [1.29, 1.82) is 0 Å². The minimum absolute atomic E-state index is 0.102. The molecule has 0 radical (unpaired) electrons. The Morgan fingerprint density at radius 2 is 1.44 bits per heavy atom. The predicted molar refractivity (Wildman–Crippen MR) is 87.8 cm³/mol. The number of carbonyl (C=O) groups excluding carboxylic acids is 3. The Labute approximate surface area is 146 Å². The van der Waals surface area contributed by atoms with Crippen molar-refractivity contribution in [1.82, 2.24) is 24.5 Å². The van der Waals surface area contributed by atoms with E-state index in [1.165, 1.54) is 9.80 Å². The Morgan fingerprint density at radius 1 is 0.920 bits per heavy atom. The van der Waals surface area contributed by atoms with E-state index < -0.39 is 11.8 Å². The minimum Gasteiger partial charge on any atom is -0.378 e. The van der Waals surface area contributed by atoms with E-state index in [-0.39, 0.29) is 5.91 Å². The van der Waals surface area contributed by atoms with E-state index >= 15 is 0 Å². The van der Waals surface area contributed by atoms with Crippen molar-refractivity contribution >= 4 is 17.7 Å². The molecule has 2 saturated heterocycles. The van der Waals surface area contributed by atoms with Gasteiger partial charge in [-0.1, -0.05) is 0 Å². The molecule has 0 aliphatic carbocycles. The molecule has 3 rings (SSSR count). The summed E-state index contributed by atoms with van der Waals surface area (Å²) in [6.45, 7) is 5.19. The summed E-state index contributed by atoms with van der Waals surface area (Å²) < 4.78 is 6.77. The zero-order chi connectivity index (χ0) is 18.0. The average molecular weight is 349 g/mol. The van der Waals surface area contributed by atoms with Crippen molar-refractivity contribution < 1.29 is 19.1 Å². The van der Waals surface area contributed by atoms with Gasteiger partial charge in [0.1, 0.15) is 5.69 Å². The number of nitrogens with zero attached hydrogens (tertiary/aromatic N) is 5. The first-order chi connectivity index (χ1) is 12.0. The first-order valence-electron chi connectivity index (χ1n) is 8.43. The third-order valence-electron chi connectivity index (χ3n) is 4.56. The highest BCUT2D eigenvalue weighted by Crippen LogP contribution is 2.11. The molecule has 136 valence electrons. The van der Waals surface area contributed by atoms with E-state index in [0.29, 0.717) is 58.2 Å². The van der Waals surface area contributed by atoms with Crippen LogP contribution >= 0.6 is 0 Å². The second-order valence-corrected chi connectivity index (χ2v) is 6.28. The number of aromatic nitrogens is 2. The van der Waals surface area contributed by atoms with Gasteiger partial charge in [0.25, 0.3) is 5.91 Å². The van der Waals surface area contributed by atoms with Gasteiger partial charge in [-0.25, -0.2) is 0 Å². The first-order valence-corrected chi connectivity index (χ1v) is 8.43. The van der Waals surface area contributed by atoms with Gasteiger partial charge in [0.05, 0.1) is 18.9 Å². The molecule has 3 amide bonds. The molecular formula is C16H23N5O4. The monoisotopic (exact) mass is 349 g/mol. The number of hydrogen-bond donors (Lipinski definition) is 0. The Hall–Kier alpha value is -2.42. The van der Waals surface area contributed by atoms with Gasteiger partial charge in [-0.3, -0.25) is 19.1 Å². The Balaban J connectivity index is 1.56. The van der Waals surface area contributed by atoms with Gasteiger partial charge in [0.2, 0.25) is 0 Å². The third kappa shape index (κ3) is 3.65. The maximum absolute atomic E-state index is 12.6. The summed E-state index contributed by atoms with van der Waals surface area (Å²) >= 11 is 0. The van der Waals surface area contributed by atoms with Crippen molar-refractivity contribution in [2.24, 2.45) is 7.05 Å². The zero-order valence-electron chi connectivity index (χ0n) is 14.6. The van der Waals surface area contributed by atoms with Gasteiger partial charge in [-0.15, -0.1) is 0 Å². The Kier molecular flexibility index (Phi) is 5.03. The highest BCUT2D eigenvalue weighted by atomic mass is 16.5. The Bertz CT molecular complexity index is 672. The highest BCUT2D eigenvalue weighted by molar-refractivity contribution is 6.34.